The van der Waals surface area contributed by atoms with E-state index >= 15 is 0 Å². The number of aromatic nitrogens is 1. The van der Waals surface area contributed by atoms with Crippen LogP contribution in [0.3, 0.4) is 0 Å². The summed E-state index contributed by atoms with van der Waals surface area (Å²) >= 11 is 0. The smallest absolute Gasteiger partial charge is 0.0434 e. The second kappa shape index (κ2) is 5.83. The lowest BCUT2D eigenvalue weighted by Gasteiger charge is -2.10. The zero-order valence-corrected chi connectivity index (χ0v) is 9.03. The monoisotopic (exact) mass is 196 g/mol. The molecule has 0 aromatic carbocycles. The minimum absolute atomic E-state index is 0.286. The van der Waals surface area contributed by atoms with Gasteiger partial charge in [0, 0.05) is 32.6 Å². The van der Waals surface area contributed by atoms with Crippen molar-refractivity contribution in [2.24, 2.45) is 13.0 Å². The second-order valence-electron chi connectivity index (χ2n) is 3.93. The van der Waals surface area contributed by atoms with Gasteiger partial charge in [-0.15, -0.1) is 0 Å². The van der Waals surface area contributed by atoms with Gasteiger partial charge in [0.1, 0.15) is 0 Å². The third kappa shape index (κ3) is 3.94. The van der Waals surface area contributed by atoms with Crippen LogP contribution in [-0.4, -0.2) is 22.8 Å². The van der Waals surface area contributed by atoms with Gasteiger partial charge in [-0.1, -0.05) is 6.92 Å². The van der Waals surface area contributed by atoms with Gasteiger partial charge in [0.05, 0.1) is 0 Å². The predicted molar refractivity (Wildman–Crippen MR) is 58.0 cm³/mol. The van der Waals surface area contributed by atoms with Crippen molar-refractivity contribution in [2.45, 2.75) is 19.9 Å². The standard InChI is InChI=1S/C11H20N2O/c1-10(4-6-14)7-12-8-11-3-5-13(2)9-11/h3,5,9-10,12,14H,4,6-8H2,1-2H3. The molecule has 0 amide bonds. The van der Waals surface area contributed by atoms with Gasteiger partial charge in [0.25, 0.3) is 0 Å². The first kappa shape index (κ1) is 11.3. The molecule has 1 aromatic heterocycles. The summed E-state index contributed by atoms with van der Waals surface area (Å²) in [7, 11) is 2.03. The molecule has 1 rings (SSSR count). The van der Waals surface area contributed by atoms with Crippen LogP contribution < -0.4 is 5.32 Å². The highest BCUT2D eigenvalue weighted by atomic mass is 16.3. The van der Waals surface area contributed by atoms with Gasteiger partial charge in [0.2, 0.25) is 0 Å². The third-order valence-electron chi connectivity index (χ3n) is 2.34. The SMILES string of the molecule is CC(CCO)CNCc1ccn(C)c1. The van der Waals surface area contributed by atoms with Gasteiger partial charge >= 0.3 is 0 Å². The Balaban J connectivity index is 2.15. The van der Waals surface area contributed by atoms with Crippen LogP contribution in [-0.2, 0) is 13.6 Å². The molecule has 0 bridgehead atoms. The van der Waals surface area contributed by atoms with Gasteiger partial charge in [-0.25, -0.2) is 0 Å². The van der Waals surface area contributed by atoms with Crippen LogP contribution in [0.1, 0.15) is 18.9 Å². The van der Waals surface area contributed by atoms with Crippen LogP contribution in [0.2, 0.25) is 0 Å². The van der Waals surface area contributed by atoms with Gasteiger partial charge < -0.3 is 15.0 Å². The largest absolute Gasteiger partial charge is 0.396 e. The van der Waals surface area contributed by atoms with Crippen molar-refractivity contribution in [3.05, 3.63) is 24.0 Å². The third-order valence-corrected chi connectivity index (χ3v) is 2.34. The van der Waals surface area contributed by atoms with Crippen molar-refractivity contribution in [3.8, 4) is 0 Å². The Morgan fingerprint density at radius 2 is 2.36 bits per heavy atom. The van der Waals surface area contributed by atoms with Gasteiger partial charge in [-0.05, 0) is 30.5 Å². The number of rotatable bonds is 6. The summed E-state index contributed by atoms with van der Waals surface area (Å²) < 4.78 is 2.05. The number of nitrogens with one attached hydrogen (secondary N) is 1. The molecular weight excluding hydrogens is 176 g/mol. The van der Waals surface area contributed by atoms with E-state index in [0.29, 0.717) is 5.92 Å². The first-order valence-corrected chi connectivity index (χ1v) is 5.15. The number of hydrogen-bond donors (Lipinski definition) is 2. The average Bonchev–Trinajstić information content (AvgIpc) is 2.52. The Labute approximate surface area is 85.7 Å². The number of nitrogens with zero attached hydrogens (tertiary/aromatic N) is 1. The Hall–Kier alpha value is -0.800. The maximum atomic E-state index is 8.73. The first-order valence-electron chi connectivity index (χ1n) is 5.15. The number of hydrogen-bond acceptors (Lipinski definition) is 2. The van der Waals surface area contributed by atoms with E-state index in [0.717, 1.165) is 19.5 Å². The lowest BCUT2D eigenvalue weighted by molar-refractivity contribution is 0.260. The van der Waals surface area contributed by atoms with E-state index in [1.54, 1.807) is 0 Å². The van der Waals surface area contributed by atoms with Crippen LogP contribution in [0, 0.1) is 5.92 Å². The summed E-state index contributed by atoms with van der Waals surface area (Å²) in [5.41, 5.74) is 1.31. The molecule has 1 atom stereocenters. The van der Waals surface area contributed by atoms with Crippen molar-refractivity contribution in [3.63, 3.8) is 0 Å². The van der Waals surface area contributed by atoms with Crippen LogP contribution in [0.15, 0.2) is 18.5 Å². The van der Waals surface area contributed by atoms with E-state index in [-0.39, 0.29) is 6.61 Å². The minimum Gasteiger partial charge on any atom is -0.396 e. The van der Waals surface area contributed by atoms with Gasteiger partial charge in [0.15, 0.2) is 0 Å². The van der Waals surface area contributed by atoms with Crippen molar-refractivity contribution in [2.75, 3.05) is 13.2 Å². The highest BCUT2D eigenvalue weighted by Crippen LogP contribution is 2.01. The Morgan fingerprint density at radius 1 is 1.57 bits per heavy atom. The Morgan fingerprint density at radius 3 is 2.93 bits per heavy atom. The van der Waals surface area contributed by atoms with Crippen molar-refractivity contribution in [1.82, 2.24) is 9.88 Å². The van der Waals surface area contributed by atoms with E-state index in [9.17, 15) is 0 Å². The highest BCUT2D eigenvalue weighted by molar-refractivity contribution is 5.09. The first-order chi connectivity index (χ1) is 6.72. The molecule has 0 aliphatic rings. The maximum Gasteiger partial charge on any atom is 0.0434 e. The molecule has 0 saturated heterocycles. The molecule has 3 heteroatoms. The molecule has 2 N–H and O–H groups in total. The summed E-state index contributed by atoms with van der Waals surface area (Å²) in [5.74, 6) is 0.545. The second-order valence-corrected chi connectivity index (χ2v) is 3.93. The Kier molecular flexibility index (Phi) is 4.70. The molecule has 0 aliphatic heterocycles. The molecule has 1 unspecified atom stereocenters. The van der Waals surface area contributed by atoms with Gasteiger partial charge in [-0.3, -0.25) is 0 Å². The highest BCUT2D eigenvalue weighted by Gasteiger charge is 2.00. The molecular formula is C11H20N2O. The van der Waals surface area contributed by atoms with Crippen LogP contribution in [0.5, 0.6) is 0 Å². The summed E-state index contributed by atoms with van der Waals surface area (Å²) in [4.78, 5) is 0. The number of aliphatic hydroxyl groups excluding tert-OH is 1. The normalized spacial score (nSPS) is 13.1. The zero-order valence-electron chi connectivity index (χ0n) is 9.03. The molecule has 1 heterocycles. The van der Waals surface area contributed by atoms with Crippen LogP contribution in [0.4, 0.5) is 0 Å². The van der Waals surface area contributed by atoms with E-state index in [1.165, 1.54) is 5.56 Å². The van der Waals surface area contributed by atoms with E-state index in [1.807, 2.05) is 17.8 Å². The van der Waals surface area contributed by atoms with E-state index in [2.05, 4.69) is 24.5 Å². The fraction of sp³-hybridized carbons (Fsp3) is 0.636. The summed E-state index contributed by atoms with van der Waals surface area (Å²) in [6.45, 7) is 4.31. The number of aliphatic hydroxyl groups is 1. The molecule has 3 nitrogen and oxygen atoms in total. The topological polar surface area (TPSA) is 37.2 Å². The minimum atomic E-state index is 0.286. The molecule has 1 aromatic rings. The molecule has 0 aliphatic carbocycles. The van der Waals surface area contributed by atoms with Crippen molar-refractivity contribution in [1.29, 1.82) is 0 Å². The quantitative estimate of drug-likeness (QED) is 0.715. The summed E-state index contributed by atoms with van der Waals surface area (Å²) in [5, 5.41) is 12.1. The van der Waals surface area contributed by atoms with Crippen LogP contribution >= 0.6 is 0 Å². The molecule has 80 valence electrons. The van der Waals surface area contributed by atoms with Crippen molar-refractivity contribution >= 4 is 0 Å². The summed E-state index contributed by atoms with van der Waals surface area (Å²) in [6.07, 6.45) is 5.04. The molecule has 0 fully saturated rings. The maximum absolute atomic E-state index is 8.73. The lowest BCUT2D eigenvalue weighted by atomic mass is 10.1. The molecule has 0 spiro atoms. The number of aryl methyl sites for hydroxylation is 1. The average molecular weight is 196 g/mol. The fourth-order valence-corrected chi connectivity index (χ4v) is 1.45. The van der Waals surface area contributed by atoms with E-state index < -0.39 is 0 Å². The van der Waals surface area contributed by atoms with Crippen molar-refractivity contribution < 1.29 is 5.11 Å². The molecule has 0 saturated carbocycles. The van der Waals surface area contributed by atoms with Crippen LogP contribution in [0.25, 0.3) is 0 Å². The van der Waals surface area contributed by atoms with Gasteiger partial charge in [-0.2, -0.15) is 0 Å². The van der Waals surface area contributed by atoms with E-state index in [4.69, 9.17) is 5.11 Å². The molecule has 14 heavy (non-hydrogen) atoms. The predicted octanol–water partition coefficient (Wildman–Crippen LogP) is 1.13. The summed E-state index contributed by atoms with van der Waals surface area (Å²) in [6, 6.07) is 2.11. The molecule has 0 radical (unpaired) electrons. The fourth-order valence-electron chi connectivity index (χ4n) is 1.45. The lowest BCUT2D eigenvalue weighted by Crippen LogP contribution is -2.21. The Bertz CT molecular complexity index is 258. The zero-order chi connectivity index (χ0) is 10.4.